The summed E-state index contributed by atoms with van der Waals surface area (Å²) in [5.41, 5.74) is -5.33. The number of epoxide rings is 1. The zero-order chi connectivity index (χ0) is 14.8. The second kappa shape index (κ2) is 2.94. The van der Waals surface area contributed by atoms with Crippen LogP contribution in [0.2, 0.25) is 0 Å². The van der Waals surface area contributed by atoms with Crippen molar-refractivity contribution in [3.63, 3.8) is 0 Å². The maximum absolute atomic E-state index is 12.2. The van der Waals surface area contributed by atoms with E-state index in [1.807, 2.05) is 0 Å². The molecule has 112 valence electrons. The molecule has 2 aliphatic heterocycles. The second-order valence-electron chi connectivity index (χ2n) is 8.05. The standard InChI is InChI=1S/C15H22O5/c1-8-5-6-13(18)12(4,17)10(16)20-14(13)7-11(2,3)9-15(8,14)19-9/h8-9,17-18H,5-7H2,1-4H3. The lowest BCUT2D eigenvalue weighted by Crippen LogP contribution is -2.70. The van der Waals surface area contributed by atoms with Crippen LogP contribution >= 0.6 is 0 Å². The molecule has 2 aliphatic carbocycles. The number of hydrogen-bond acceptors (Lipinski definition) is 5. The summed E-state index contributed by atoms with van der Waals surface area (Å²) in [6, 6.07) is 0. The molecule has 5 nitrogen and oxygen atoms in total. The van der Waals surface area contributed by atoms with Crippen LogP contribution in [-0.4, -0.2) is 44.7 Å². The molecule has 0 aromatic rings. The van der Waals surface area contributed by atoms with E-state index >= 15 is 0 Å². The number of carbonyl (C=O) groups excluding carboxylic acids is 1. The Kier molecular flexibility index (Phi) is 1.92. The molecule has 2 saturated heterocycles. The normalized spacial score (nSPS) is 62.4. The van der Waals surface area contributed by atoms with Gasteiger partial charge in [-0.1, -0.05) is 20.8 Å². The molecule has 0 amide bonds. The lowest BCUT2D eigenvalue weighted by atomic mass is 9.58. The van der Waals surface area contributed by atoms with Crippen LogP contribution in [0.1, 0.15) is 47.0 Å². The summed E-state index contributed by atoms with van der Waals surface area (Å²) in [5, 5.41) is 21.8. The SMILES string of the molecule is CC1CCC2(O)C(C)(O)C(=O)OC23CC(C)(C)C2OC123. The van der Waals surface area contributed by atoms with Gasteiger partial charge in [-0.15, -0.1) is 0 Å². The summed E-state index contributed by atoms with van der Waals surface area (Å²) in [7, 11) is 0. The smallest absolute Gasteiger partial charge is 0.341 e. The predicted octanol–water partition coefficient (Wildman–Crippen LogP) is 0.761. The van der Waals surface area contributed by atoms with Crippen LogP contribution < -0.4 is 0 Å². The maximum atomic E-state index is 12.2. The third-order valence-electron chi connectivity index (χ3n) is 6.50. The predicted molar refractivity (Wildman–Crippen MR) is 68.8 cm³/mol. The molecule has 0 bridgehead atoms. The minimum Gasteiger partial charge on any atom is -0.450 e. The molecule has 20 heavy (non-hydrogen) atoms. The van der Waals surface area contributed by atoms with Crippen molar-refractivity contribution in [3.05, 3.63) is 0 Å². The van der Waals surface area contributed by atoms with Crippen LogP contribution in [-0.2, 0) is 14.3 Å². The van der Waals surface area contributed by atoms with Crippen molar-refractivity contribution >= 4 is 5.97 Å². The van der Waals surface area contributed by atoms with E-state index in [9.17, 15) is 15.0 Å². The molecule has 5 heteroatoms. The lowest BCUT2D eigenvalue weighted by molar-refractivity contribution is -0.229. The monoisotopic (exact) mass is 282 g/mol. The fourth-order valence-electron chi connectivity index (χ4n) is 5.43. The molecule has 0 radical (unpaired) electrons. The van der Waals surface area contributed by atoms with E-state index < -0.39 is 28.4 Å². The summed E-state index contributed by atoms with van der Waals surface area (Å²) in [4.78, 5) is 12.2. The Labute approximate surface area is 118 Å². The summed E-state index contributed by atoms with van der Waals surface area (Å²) < 4.78 is 11.7. The second-order valence-corrected chi connectivity index (χ2v) is 8.05. The van der Waals surface area contributed by atoms with Crippen LogP contribution in [0.3, 0.4) is 0 Å². The van der Waals surface area contributed by atoms with Crippen molar-refractivity contribution < 1.29 is 24.5 Å². The summed E-state index contributed by atoms with van der Waals surface area (Å²) in [5.74, 6) is -0.517. The van der Waals surface area contributed by atoms with E-state index in [1.165, 1.54) is 6.92 Å². The van der Waals surface area contributed by atoms with E-state index in [0.717, 1.165) is 6.42 Å². The van der Waals surface area contributed by atoms with Gasteiger partial charge < -0.3 is 19.7 Å². The molecule has 2 spiro atoms. The molecular weight excluding hydrogens is 260 g/mol. The minimum absolute atomic E-state index is 0.0153. The average molecular weight is 282 g/mol. The molecule has 2 heterocycles. The van der Waals surface area contributed by atoms with E-state index in [-0.39, 0.29) is 17.4 Å². The minimum atomic E-state index is -1.86. The van der Waals surface area contributed by atoms with Gasteiger partial charge >= 0.3 is 5.97 Å². The number of esters is 1. The van der Waals surface area contributed by atoms with Gasteiger partial charge in [-0.2, -0.15) is 0 Å². The number of carbonyl (C=O) groups is 1. The van der Waals surface area contributed by atoms with Crippen LogP contribution in [0.15, 0.2) is 0 Å². The summed E-state index contributed by atoms with van der Waals surface area (Å²) >= 11 is 0. The van der Waals surface area contributed by atoms with Gasteiger partial charge in [-0.3, -0.25) is 0 Å². The van der Waals surface area contributed by atoms with Crippen molar-refractivity contribution in [3.8, 4) is 0 Å². The molecule has 6 atom stereocenters. The van der Waals surface area contributed by atoms with E-state index in [2.05, 4.69) is 20.8 Å². The summed E-state index contributed by atoms with van der Waals surface area (Å²) in [6.45, 7) is 7.61. The molecule has 0 aromatic heterocycles. The Balaban J connectivity index is 1.96. The molecule has 4 aliphatic rings. The van der Waals surface area contributed by atoms with Crippen molar-refractivity contribution in [1.29, 1.82) is 0 Å². The Hall–Kier alpha value is -0.650. The van der Waals surface area contributed by atoms with E-state index in [0.29, 0.717) is 12.8 Å². The van der Waals surface area contributed by atoms with Crippen LogP contribution in [0.5, 0.6) is 0 Å². The Bertz CT molecular complexity index is 526. The highest BCUT2D eigenvalue weighted by Gasteiger charge is 2.93. The van der Waals surface area contributed by atoms with Gasteiger partial charge in [-0.05, 0) is 31.1 Å². The van der Waals surface area contributed by atoms with Crippen LogP contribution in [0, 0.1) is 11.3 Å². The molecule has 6 unspecified atom stereocenters. The number of hydrogen-bond donors (Lipinski definition) is 2. The fourth-order valence-corrected chi connectivity index (χ4v) is 5.43. The first-order chi connectivity index (χ1) is 9.05. The van der Waals surface area contributed by atoms with Crippen molar-refractivity contribution in [1.82, 2.24) is 0 Å². The highest BCUT2D eigenvalue weighted by atomic mass is 16.7. The maximum Gasteiger partial charge on any atom is 0.341 e. The largest absolute Gasteiger partial charge is 0.450 e. The van der Waals surface area contributed by atoms with Crippen molar-refractivity contribution in [2.75, 3.05) is 0 Å². The molecule has 4 rings (SSSR count). The summed E-state index contributed by atoms with van der Waals surface area (Å²) in [6.07, 6.45) is 1.60. The van der Waals surface area contributed by atoms with Gasteiger partial charge in [0, 0.05) is 6.42 Å². The number of ether oxygens (including phenoxy) is 2. The van der Waals surface area contributed by atoms with Gasteiger partial charge in [0.2, 0.25) is 0 Å². The lowest BCUT2D eigenvalue weighted by Gasteiger charge is -2.51. The molecule has 0 aromatic carbocycles. The Morgan fingerprint density at radius 2 is 1.90 bits per heavy atom. The van der Waals surface area contributed by atoms with Gasteiger partial charge in [0.05, 0.1) is 6.10 Å². The molecular formula is C15H22O5. The van der Waals surface area contributed by atoms with Crippen molar-refractivity contribution in [2.24, 2.45) is 11.3 Å². The van der Waals surface area contributed by atoms with Gasteiger partial charge in [0.25, 0.3) is 0 Å². The first-order valence-electron chi connectivity index (χ1n) is 7.41. The number of rotatable bonds is 0. The third-order valence-corrected chi connectivity index (χ3v) is 6.50. The molecule has 2 saturated carbocycles. The molecule has 2 N–H and O–H groups in total. The van der Waals surface area contributed by atoms with E-state index in [1.54, 1.807) is 0 Å². The highest BCUT2D eigenvalue weighted by molar-refractivity contribution is 5.85. The quantitative estimate of drug-likeness (QED) is 0.506. The van der Waals surface area contributed by atoms with Crippen molar-refractivity contribution in [2.45, 2.75) is 75.5 Å². The Morgan fingerprint density at radius 3 is 2.50 bits per heavy atom. The zero-order valence-corrected chi connectivity index (χ0v) is 12.4. The topological polar surface area (TPSA) is 79.3 Å². The fraction of sp³-hybridized carbons (Fsp3) is 0.933. The van der Waals surface area contributed by atoms with Gasteiger partial charge in [0.15, 0.2) is 11.2 Å². The van der Waals surface area contributed by atoms with Crippen LogP contribution in [0.4, 0.5) is 0 Å². The third kappa shape index (κ3) is 0.937. The zero-order valence-electron chi connectivity index (χ0n) is 12.4. The first-order valence-corrected chi connectivity index (χ1v) is 7.41. The Morgan fingerprint density at radius 1 is 1.25 bits per heavy atom. The van der Waals surface area contributed by atoms with Gasteiger partial charge in [-0.25, -0.2) is 4.79 Å². The number of aliphatic hydroxyl groups is 2. The molecule has 4 fully saturated rings. The highest BCUT2D eigenvalue weighted by Crippen LogP contribution is 2.76. The first kappa shape index (κ1) is 13.0. The van der Waals surface area contributed by atoms with E-state index in [4.69, 9.17) is 9.47 Å². The van der Waals surface area contributed by atoms with Crippen LogP contribution in [0.25, 0.3) is 0 Å². The average Bonchev–Trinajstić information content (AvgIpc) is 3.02. The van der Waals surface area contributed by atoms with Gasteiger partial charge in [0.1, 0.15) is 11.2 Å².